The van der Waals surface area contributed by atoms with E-state index < -0.39 is 28.7 Å². The number of amides is 2. The summed E-state index contributed by atoms with van der Waals surface area (Å²) in [6.45, 7) is 4.92. The lowest BCUT2D eigenvalue weighted by atomic mass is 9.83. The van der Waals surface area contributed by atoms with Crippen molar-refractivity contribution >= 4 is 29.1 Å². The van der Waals surface area contributed by atoms with Crippen LogP contribution in [0.15, 0.2) is 43.0 Å². The number of anilines is 1. The number of benzene rings is 1. The molecule has 0 aliphatic heterocycles. The molecule has 2 aromatic rings. The molecular weight excluding hydrogens is 438 g/mol. The summed E-state index contributed by atoms with van der Waals surface area (Å²) in [4.78, 5) is 35.7. The molecule has 2 atom stereocenters. The largest absolute Gasteiger partial charge is 0.351 e. The van der Waals surface area contributed by atoms with Gasteiger partial charge in [-0.1, -0.05) is 29.3 Å². The van der Waals surface area contributed by atoms with Crippen molar-refractivity contribution in [1.29, 1.82) is 0 Å². The van der Waals surface area contributed by atoms with Gasteiger partial charge in [0.1, 0.15) is 12.0 Å². The third kappa shape index (κ3) is 5.06. The van der Waals surface area contributed by atoms with E-state index in [-0.39, 0.29) is 11.6 Å². The fourth-order valence-electron chi connectivity index (χ4n) is 4.00. The Morgan fingerprint density at radius 1 is 1.22 bits per heavy atom. The lowest BCUT2D eigenvalue weighted by Crippen LogP contribution is -2.60. The first kappa shape index (κ1) is 24.0. The van der Waals surface area contributed by atoms with Gasteiger partial charge in [0.25, 0.3) is 17.4 Å². The quantitative estimate of drug-likeness (QED) is 0.645. The minimum absolute atomic E-state index is 0.276. The van der Waals surface area contributed by atoms with Crippen molar-refractivity contribution in [2.75, 3.05) is 4.90 Å². The summed E-state index contributed by atoms with van der Waals surface area (Å²) in [5.74, 6) is -1.64. The first-order valence-electron chi connectivity index (χ1n) is 10.5. The molecule has 6 nitrogen and oxygen atoms in total. The third-order valence-electron chi connectivity index (χ3n) is 6.07. The van der Waals surface area contributed by atoms with Crippen LogP contribution in [0.5, 0.6) is 0 Å². The molecular formula is C23H27ClF2N4O2. The molecule has 0 radical (unpaired) electrons. The van der Waals surface area contributed by atoms with E-state index in [0.29, 0.717) is 31.4 Å². The second-order valence-corrected chi connectivity index (χ2v) is 9.05. The number of aryl methyl sites for hydroxylation is 1. The van der Waals surface area contributed by atoms with Crippen LogP contribution in [0.25, 0.3) is 0 Å². The highest BCUT2D eigenvalue weighted by molar-refractivity contribution is 6.32. The van der Waals surface area contributed by atoms with Crippen LogP contribution in [0.1, 0.15) is 50.7 Å². The normalized spacial score (nSPS) is 23.6. The minimum Gasteiger partial charge on any atom is -0.351 e. The number of nitrogens with zero attached hydrogens (tertiary/aromatic N) is 3. The second kappa shape index (κ2) is 9.48. The van der Waals surface area contributed by atoms with Crippen LogP contribution in [-0.4, -0.2) is 39.1 Å². The topological polar surface area (TPSA) is 75.2 Å². The van der Waals surface area contributed by atoms with Gasteiger partial charge in [0.15, 0.2) is 5.54 Å². The van der Waals surface area contributed by atoms with Crippen LogP contribution >= 0.6 is 11.6 Å². The summed E-state index contributed by atoms with van der Waals surface area (Å²) >= 11 is 5.56. The van der Waals surface area contributed by atoms with Crippen LogP contribution in [0.4, 0.5) is 14.5 Å². The Kier molecular flexibility index (Phi) is 7.12. The Labute approximate surface area is 191 Å². The molecule has 0 bridgehead atoms. The van der Waals surface area contributed by atoms with Crippen LogP contribution in [-0.2, 0) is 15.1 Å². The Hall–Kier alpha value is -2.61. The minimum atomic E-state index is -2.37. The van der Waals surface area contributed by atoms with E-state index in [4.69, 9.17) is 11.6 Å². The van der Waals surface area contributed by atoms with Crippen molar-refractivity contribution in [3.8, 4) is 0 Å². The van der Waals surface area contributed by atoms with Gasteiger partial charge in [0.05, 0.1) is 0 Å². The monoisotopic (exact) mass is 464 g/mol. The van der Waals surface area contributed by atoms with Gasteiger partial charge in [-0.15, -0.1) is 0 Å². The predicted molar refractivity (Wildman–Crippen MR) is 119 cm³/mol. The van der Waals surface area contributed by atoms with E-state index in [1.54, 1.807) is 31.2 Å². The van der Waals surface area contributed by atoms with E-state index in [9.17, 15) is 18.4 Å². The zero-order valence-corrected chi connectivity index (χ0v) is 19.1. The van der Waals surface area contributed by atoms with Gasteiger partial charge in [-0.3, -0.25) is 14.5 Å². The predicted octanol–water partition coefficient (Wildman–Crippen LogP) is 4.35. The van der Waals surface area contributed by atoms with E-state index in [2.05, 4.69) is 15.3 Å². The lowest BCUT2D eigenvalue weighted by Gasteiger charge is -2.41. The fraction of sp³-hybridized carbons (Fsp3) is 0.478. The molecule has 1 aromatic heterocycles. The maximum Gasteiger partial charge on any atom is 0.278 e. The van der Waals surface area contributed by atoms with Crippen molar-refractivity contribution in [2.24, 2.45) is 0 Å². The van der Waals surface area contributed by atoms with Gasteiger partial charge < -0.3 is 5.32 Å². The zero-order valence-electron chi connectivity index (χ0n) is 18.3. The average Bonchev–Trinajstić information content (AvgIpc) is 2.77. The molecule has 0 spiro atoms. The van der Waals surface area contributed by atoms with Crippen LogP contribution in [0, 0.1) is 6.92 Å². The molecule has 0 unspecified atom stereocenters. The zero-order chi connectivity index (χ0) is 23.5. The molecule has 1 heterocycles. The van der Waals surface area contributed by atoms with E-state index in [1.165, 1.54) is 25.6 Å². The number of carbonyl (C=O) groups excluding carboxylic acids is 2. The van der Waals surface area contributed by atoms with Crippen molar-refractivity contribution < 1.29 is 18.4 Å². The molecule has 1 aromatic carbocycles. The van der Waals surface area contributed by atoms with Gasteiger partial charge in [0.2, 0.25) is 0 Å². The number of rotatable bonds is 6. The van der Waals surface area contributed by atoms with Crippen molar-refractivity contribution in [3.05, 3.63) is 54.1 Å². The Bertz CT molecular complexity index is 946. The fourth-order valence-corrected chi connectivity index (χ4v) is 4.10. The highest BCUT2D eigenvalue weighted by Crippen LogP contribution is 2.36. The standard InChI is InChI=1S/C23H27ClF2N4O2/c1-15-4-6-18(7-5-15)30(20(31)19(24)25)23(3,16-12-27-14-28-13-16)21(32)29-17-8-10-22(2,26)11-9-17/h4-7,12-14,17,19H,8-11H2,1-3H3,(H,29,32)/t17?,19-,22?,23+/m0/s1. The summed E-state index contributed by atoms with van der Waals surface area (Å²) in [5, 5.41) is 2.93. The summed E-state index contributed by atoms with van der Waals surface area (Å²) in [6, 6.07) is 6.47. The van der Waals surface area contributed by atoms with Gasteiger partial charge in [-0.05, 0) is 58.6 Å². The van der Waals surface area contributed by atoms with Gasteiger partial charge >= 0.3 is 0 Å². The van der Waals surface area contributed by atoms with Gasteiger partial charge in [0, 0.05) is 29.7 Å². The molecule has 3 rings (SSSR count). The van der Waals surface area contributed by atoms with Crippen molar-refractivity contribution in [1.82, 2.24) is 15.3 Å². The number of alkyl halides is 3. The van der Waals surface area contributed by atoms with Crippen molar-refractivity contribution in [3.63, 3.8) is 0 Å². The highest BCUT2D eigenvalue weighted by atomic mass is 35.5. The Balaban J connectivity index is 2.05. The highest BCUT2D eigenvalue weighted by Gasteiger charge is 2.48. The molecule has 32 heavy (non-hydrogen) atoms. The van der Waals surface area contributed by atoms with Gasteiger partial charge in [-0.25, -0.2) is 18.7 Å². The average molecular weight is 465 g/mol. The molecule has 1 saturated carbocycles. The maximum absolute atomic E-state index is 14.2. The number of halogens is 3. The van der Waals surface area contributed by atoms with E-state index in [1.807, 2.05) is 6.92 Å². The number of hydrogen-bond acceptors (Lipinski definition) is 4. The Morgan fingerprint density at radius 3 is 2.31 bits per heavy atom. The number of hydrogen-bond donors (Lipinski definition) is 1. The first-order chi connectivity index (χ1) is 15.0. The first-order valence-corrected chi connectivity index (χ1v) is 10.9. The Morgan fingerprint density at radius 2 is 1.78 bits per heavy atom. The van der Waals surface area contributed by atoms with Crippen molar-refractivity contribution in [2.45, 2.75) is 69.3 Å². The SMILES string of the molecule is Cc1ccc(N(C(=O)[C@H](F)Cl)[C@@](C)(C(=O)NC2CCC(C)(F)CC2)c2cncnc2)cc1. The molecule has 0 saturated heterocycles. The van der Waals surface area contributed by atoms with E-state index in [0.717, 1.165) is 10.5 Å². The lowest BCUT2D eigenvalue weighted by molar-refractivity contribution is -0.132. The second-order valence-electron chi connectivity index (χ2n) is 8.67. The van der Waals surface area contributed by atoms with Crippen LogP contribution in [0.3, 0.4) is 0 Å². The molecule has 2 amide bonds. The number of aromatic nitrogens is 2. The van der Waals surface area contributed by atoms with Gasteiger partial charge in [-0.2, -0.15) is 0 Å². The summed E-state index contributed by atoms with van der Waals surface area (Å²) < 4.78 is 28.4. The smallest absolute Gasteiger partial charge is 0.278 e. The maximum atomic E-state index is 14.2. The molecule has 9 heteroatoms. The third-order valence-corrected chi connectivity index (χ3v) is 6.26. The molecule has 172 valence electrons. The van der Waals surface area contributed by atoms with Crippen LogP contribution in [0.2, 0.25) is 0 Å². The summed E-state index contributed by atoms with van der Waals surface area (Å²) in [7, 11) is 0. The molecule has 1 aliphatic carbocycles. The summed E-state index contributed by atoms with van der Waals surface area (Å²) in [6.07, 6.45) is 5.65. The molecule has 1 fully saturated rings. The summed E-state index contributed by atoms with van der Waals surface area (Å²) in [5.41, 5.74) is -3.82. The number of carbonyl (C=O) groups is 2. The van der Waals surface area contributed by atoms with E-state index >= 15 is 0 Å². The number of nitrogens with one attached hydrogen (secondary N) is 1. The van der Waals surface area contributed by atoms with Crippen LogP contribution < -0.4 is 10.2 Å². The molecule has 1 N–H and O–H groups in total. The molecule has 1 aliphatic rings.